The highest BCUT2D eigenvalue weighted by molar-refractivity contribution is 7.03. The van der Waals surface area contributed by atoms with Crippen LogP contribution in [0.2, 0.25) is 26.2 Å². The molecule has 77 heavy (non-hydrogen) atoms. The average molecular weight is 1020 g/mol. The van der Waals surface area contributed by atoms with E-state index in [0.29, 0.717) is 0 Å². The third kappa shape index (κ3) is 6.59. The molecule has 4 heteroatoms. The smallest absolute Gasteiger partial charge is 0.117 e. The van der Waals surface area contributed by atoms with Gasteiger partial charge in [-0.25, -0.2) is 0 Å². The number of fused-ring (bicyclic) bond motifs is 10. The number of benzene rings is 12. The zero-order chi connectivity index (χ0) is 52.0. The molecule has 15 rings (SSSR count). The lowest BCUT2D eigenvalue weighted by atomic mass is 9.80. The van der Waals surface area contributed by atoms with Gasteiger partial charge in [-0.3, -0.25) is 0 Å². The van der Waals surface area contributed by atoms with Gasteiger partial charge in [0.25, 0.3) is 0 Å². The van der Waals surface area contributed by atoms with Crippen molar-refractivity contribution in [2.24, 2.45) is 0 Å². The Morgan fingerprint density at radius 1 is 0.299 bits per heavy atom. The molecule has 0 saturated carbocycles. The molecule has 0 bridgehead atoms. The second-order valence-electron chi connectivity index (χ2n) is 23.2. The van der Waals surface area contributed by atoms with Gasteiger partial charge in [-0.2, -0.15) is 0 Å². The number of anilines is 6. The Bertz CT molecular complexity index is 4360. The number of rotatable bonds is 5. The minimum atomic E-state index is -2.04. The van der Waals surface area contributed by atoms with Gasteiger partial charge in [0, 0.05) is 39.5 Å². The first-order valence-electron chi connectivity index (χ1n) is 27.3. The summed E-state index contributed by atoms with van der Waals surface area (Å²) in [7, 11) is -4.07. The van der Waals surface area contributed by atoms with Crippen LogP contribution in [0, 0.1) is 0 Å². The predicted molar refractivity (Wildman–Crippen MR) is 336 cm³/mol. The molecule has 0 saturated heterocycles. The summed E-state index contributed by atoms with van der Waals surface area (Å²) in [5, 5.41) is 13.2. The Kier molecular flexibility index (Phi) is 9.95. The van der Waals surface area contributed by atoms with Crippen molar-refractivity contribution < 1.29 is 0 Å². The van der Waals surface area contributed by atoms with E-state index >= 15 is 0 Å². The fraction of sp³-hybridized carbons (Fsp3) is 0.0959. The fourth-order valence-electron chi connectivity index (χ4n) is 14.2. The second kappa shape index (κ2) is 16.7. The van der Waals surface area contributed by atoms with Crippen molar-refractivity contribution in [3.63, 3.8) is 0 Å². The van der Waals surface area contributed by atoms with E-state index in [-0.39, 0.29) is 5.41 Å². The summed E-state index contributed by atoms with van der Waals surface area (Å²) >= 11 is 0. The van der Waals surface area contributed by atoms with Crippen molar-refractivity contribution in [2.45, 2.75) is 45.5 Å². The molecule has 0 aromatic heterocycles. The third-order valence-corrected chi connectivity index (χ3v) is 25.1. The molecule has 0 fully saturated rings. The standard InChI is InChI=1S/C73H58N2Si2/c1-73(2)61-29-12-11-26-53(61)54-41-38-48(44-62(54)73)52-25-9-10-27-55(52)71-57-42-39-50(75-65-32-15-19-36-69(65)77(5,6)70-37-20-16-33-66(70)75)46-60(57)72(56-28-21-23-47-22-7-8-24-51(47)56)58-43-40-49(45-59(58)71)74-63-30-13-17-34-67(63)76(3,4)68-35-18-14-31-64(68)74/h7-46H,1-6H3. The largest absolute Gasteiger partial charge is 0.311 e. The van der Waals surface area contributed by atoms with E-state index in [9.17, 15) is 0 Å². The zero-order valence-electron chi connectivity index (χ0n) is 44.5. The molecular formula is C73H58N2Si2. The quantitative estimate of drug-likeness (QED) is 0.125. The Morgan fingerprint density at radius 2 is 0.714 bits per heavy atom. The van der Waals surface area contributed by atoms with Gasteiger partial charge in [0.15, 0.2) is 0 Å². The summed E-state index contributed by atoms with van der Waals surface area (Å²) in [5.74, 6) is 0. The highest BCUT2D eigenvalue weighted by Crippen LogP contribution is 2.54. The Balaban J connectivity index is 1.07. The van der Waals surface area contributed by atoms with Crippen LogP contribution in [-0.2, 0) is 5.41 Å². The summed E-state index contributed by atoms with van der Waals surface area (Å²) in [5.41, 5.74) is 20.1. The van der Waals surface area contributed by atoms with Gasteiger partial charge in [0.1, 0.15) is 16.1 Å². The molecule has 368 valence electrons. The number of hydrogen-bond acceptors (Lipinski definition) is 2. The van der Waals surface area contributed by atoms with Crippen LogP contribution in [0.1, 0.15) is 25.0 Å². The topological polar surface area (TPSA) is 6.48 Å². The van der Waals surface area contributed by atoms with E-state index in [4.69, 9.17) is 0 Å². The van der Waals surface area contributed by atoms with E-state index in [2.05, 4.69) is 292 Å². The monoisotopic (exact) mass is 1020 g/mol. The maximum Gasteiger partial charge on any atom is 0.117 e. The van der Waals surface area contributed by atoms with E-state index in [1.165, 1.54) is 131 Å². The molecule has 12 aromatic carbocycles. The van der Waals surface area contributed by atoms with Crippen LogP contribution < -0.4 is 30.5 Å². The first-order chi connectivity index (χ1) is 37.5. The number of nitrogens with zero attached hydrogens (tertiary/aromatic N) is 2. The van der Waals surface area contributed by atoms with Gasteiger partial charge < -0.3 is 9.80 Å². The van der Waals surface area contributed by atoms with Crippen molar-refractivity contribution in [1.82, 2.24) is 0 Å². The minimum Gasteiger partial charge on any atom is -0.311 e. The lowest BCUT2D eigenvalue weighted by Crippen LogP contribution is -2.58. The summed E-state index contributed by atoms with van der Waals surface area (Å²) in [6.07, 6.45) is 0. The molecule has 0 spiro atoms. The van der Waals surface area contributed by atoms with Gasteiger partial charge in [0.05, 0.1) is 0 Å². The van der Waals surface area contributed by atoms with Crippen molar-refractivity contribution in [3.05, 3.63) is 254 Å². The SMILES string of the molecule is CC1(C)c2ccccc2-c2ccc(-c3ccccc3-c3c4cc(N5c6ccccc6[Si](C)(C)c6ccccc65)ccc4c(-c4cccc5ccccc45)c4cc(N5c6ccccc6[Si](C)(C)c6ccccc65)ccc34)cc21. The molecule has 0 unspecified atom stereocenters. The molecule has 1 aliphatic carbocycles. The van der Waals surface area contributed by atoms with Gasteiger partial charge in [0.2, 0.25) is 0 Å². The van der Waals surface area contributed by atoms with Gasteiger partial charge >= 0.3 is 0 Å². The van der Waals surface area contributed by atoms with E-state index in [1.54, 1.807) is 0 Å². The van der Waals surface area contributed by atoms with E-state index < -0.39 is 16.1 Å². The molecule has 2 nitrogen and oxygen atoms in total. The highest BCUT2D eigenvalue weighted by Gasteiger charge is 2.41. The average Bonchev–Trinajstić information content (AvgIpc) is 3.84. The Morgan fingerprint density at radius 3 is 1.27 bits per heavy atom. The highest BCUT2D eigenvalue weighted by atomic mass is 28.3. The minimum absolute atomic E-state index is 0.135. The zero-order valence-corrected chi connectivity index (χ0v) is 46.5. The fourth-order valence-corrected chi connectivity index (χ4v) is 20.2. The molecule has 2 heterocycles. The van der Waals surface area contributed by atoms with Crippen molar-refractivity contribution in [3.8, 4) is 44.5 Å². The molecule has 0 radical (unpaired) electrons. The maximum atomic E-state index is 2.55. The van der Waals surface area contributed by atoms with Crippen LogP contribution in [-0.4, -0.2) is 16.1 Å². The third-order valence-electron chi connectivity index (χ3n) is 18.0. The van der Waals surface area contributed by atoms with Crippen LogP contribution in [0.25, 0.3) is 76.8 Å². The van der Waals surface area contributed by atoms with Crippen molar-refractivity contribution in [2.75, 3.05) is 9.80 Å². The van der Waals surface area contributed by atoms with Crippen LogP contribution in [0.5, 0.6) is 0 Å². The second-order valence-corrected chi connectivity index (χ2v) is 31.9. The lowest BCUT2D eigenvalue weighted by molar-refractivity contribution is 0.660. The van der Waals surface area contributed by atoms with Crippen LogP contribution >= 0.6 is 0 Å². The van der Waals surface area contributed by atoms with Crippen LogP contribution in [0.4, 0.5) is 34.1 Å². The Labute approximate surface area is 454 Å². The number of para-hydroxylation sites is 4. The van der Waals surface area contributed by atoms with Gasteiger partial charge in [-0.1, -0.05) is 228 Å². The number of hydrogen-bond donors (Lipinski definition) is 0. The summed E-state index contributed by atoms with van der Waals surface area (Å²) in [4.78, 5) is 5.11. The maximum absolute atomic E-state index is 2.55. The first-order valence-corrected chi connectivity index (χ1v) is 33.3. The Hall–Kier alpha value is -8.55. The molecular weight excluding hydrogens is 961 g/mol. The normalized spacial score (nSPS) is 15.1. The van der Waals surface area contributed by atoms with Crippen LogP contribution in [0.3, 0.4) is 0 Å². The molecule has 12 aromatic rings. The van der Waals surface area contributed by atoms with Gasteiger partial charge in [-0.05, 0) is 163 Å². The summed E-state index contributed by atoms with van der Waals surface area (Å²) in [6.45, 7) is 14.8. The lowest BCUT2D eigenvalue weighted by Gasteiger charge is -2.41. The molecule has 0 amide bonds. The van der Waals surface area contributed by atoms with Crippen molar-refractivity contribution in [1.29, 1.82) is 0 Å². The van der Waals surface area contributed by atoms with Crippen LogP contribution in [0.15, 0.2) is 243 Å². The van der Waals surface area contributed by atoms with Crippen molar-refractivity contribution >= 4 is 103 Å². The first kappa shape index (κ1) is 45.8. The molecule has 2 aliphatic heterocycles. The van der Waals surface area contributed by atoms with E-state index in [1.807, 2.05) is 0 Å². The molecule has 0 atom stereocenters. The molecule has 0 N–H and O–H groups in total. The van der Waals surface area contributed by atoms with E-state index in [0.717, 1.165) is 11.4 Å². The molecule has 3 aliphatic rings. The summed E-state index contributed by atoms with van der Waals surface area (Å²) in [6, 6.07) is 92.8. The van der Waals surface area contributed by atoms with Gasteiger partial charge in [-0.15, -0.1) is 0 Å². The predicted octanol–water partition coefficient (Wildman–Crippen LogP) is 17.7. The summed E-state index contributed by atoms with van der Waals surface area (Å²) < 4.78 is 0.